The van der Waals surface area contributed by atoms with Crippen molar-refractivity contribution in [1.29, 1.82) is 0 Å². The van der Waals surface area contributed by atoms with Crippen molar-refractivity contribution in [2.75, 3.05) is 18.5 Å². The Morgan fingerprint density at radius 3 is 2.92 bits per heavy atom. The molecule has 0 bridgehead atoms. The first-order valence-corrected chi connectivity index (χ1v) is 9.09. The fourth-order valence-electron chi connectivity index (χ4n) is 3.35. The lowest BCUT2D eigenvalue weighted by Gasteiger charge is -2.27. The molecule has 124 valence electrons. The summed E-state index contributed by atoms with van der Waals surface area (Å²) in [6.45, 7) is 4.11. The summed E-state index contributed by atoms with van der Waals surface area (Å²) in [4.78, 5) is 11.5. The normalized spacial score (nSPS) is 16.8. The smallest absolute Gasteiger partial charge is 0.205 e. The number of anilines is 1. The molecule has 1 aliphatic heterocycles. The molecule has 0 saturated heterocycles. The molecule has 1 aliphatic rings. The van der Waals surface area contributed by atoms with E-state index in [0.29, 0.717) is 5.92 Å². The van der Waals surface area contributed by atoms with Crippen LogP contribution in [0.3, 0.4) is 0 Å². The van der Waals surface area contributed by atoms with Crippen molar-refractivity contribution in [1.82, 2.24) is 18.9 Å². The fourth-order valence-corrected chi connectivity index (χ4v) is 4.00. The molecule has 0 saturated carbocycles. The number of imidazole rings is 1. The van der Waals surface area contributed by atoms with Crippen molar-refractivity contribution < 1.29 is 0 Å². The number of hydrogen-bond donors (Lipinski definition) is 0. The maximum absolute atomic E-state index is 4.71. The highest BCUT2D eigenvalue weighted by molar-refractivity contribution is 7.09. The van der Waals surface area contributed by atoms with E-state index >= 15 is 0 Å². The lowest BCUT2D eigenvalue weighted by Crippen LogP contribution is -2.31. The van der Waals surface area contributed by atoms with Gasteiger partial charge in [-0.2, -0.15) is 9.36 Å². The summed E-state index contributed by atoms with van der Waals surface area (Å²) in [5, 5.41) is 0.987. The molecule has 0 fully saturated rings. The molecule has 24 heavy (non-hydrogen) atoms. The number of hydrogen-bond acceptors (Lipinski definition) is 5. The zero-order valence-corrected chi connectivity index (χ0v) is 14.8. The molecular weight excluding hydrogens is 318 g/mol. The largest absolute Gasteiger partial charge is 0.350 e. The van der Waals surface area contributed by atoms with Gasteiger partial charge in [-0.05, 0) is 19.3 Å². The summed E-state index contributed by atoms with van der Waals surface area (Å²) < 4.78 is 6.83. The lowest BCUT2D eigenvalue weighted by atomic mass is 9.99. The van der Waals surface area contributed by atoms with Crippen molar-refractivity contribution in [3.63, 3.8) is 0 Å². The molecule has 3 heterocycles. The summed E-state index contributed by atoms with van der Waals surface area (Å²) in [6.07, 6.45) is 4.42. The van der Waals surface area contributed by atoms with Crippen molar-refractivity contribution in [2.45, 2.75) is 26.3 Å². The summed E-state index contributed by atoms with van der Waals surface area (Å²) in [6, 6.07) is 10.2. The third kappa shape index (κ3) is 3.06. The summed E-state index contributed by atoms with van der Waals surface area (Å²) >= 11 is 1.48. The van der Waals surface area contributed by atoms with Gasteiger partial charge >= 0.3 is 0 Å². The van der Waals surface area contributed by atoms with Crippen molar-refractivity contribution in [3.8, 4) is 11.4 Å². The third-order valence-corrected chi connectivity index (χ3v) is 5.35. The quantitative estimate of drug-likeness (QED) is 0.731. The zero-order valence-electron chi connectivity index (χ0n) is 14.0. The van der Waals surface area contributed by atoms with Crippen LogP contribution in [0, 0.1) is 12.8 Å². The highest BCUT2D eigenvalue weighted by Crippen LogP contribution is 2.26. The summed E-state index contributed by atoms with van der Waals surface area (Å²) in [5.41, 5.74) is 2.19. The fraction of sp³-hybridized carbons (Fsp3) is 0.389. The van der Waals surface area contributed by atoms with E-state index in [4.69, 9.17) is 4.98 Å². The van der Waals surface area contributed by atoms with Gasteiger partial charge in [0.1, 0.15) is 5.82 Å². The van der Waals surface area contributed by atoms with Crippen LogP contribution >= 0.6 is 11.5 Å². The Hall–Kier alpha value is -2.21. The van der Waals surface area contributed by atoms with Gasteiger partial charge in [0.05, 0.1) is 5.69 Å². The number of benzene rings is 1. The van der Waals surface area contributed by atoms with Gasteiger partial charge in [-0.1, -0.05) is 30.3 Å². The average molecular weight is 339 g/mol. The molecule has 0 N–H and O–H groups in total. The van der Waals surface area contributed by atoms with Gasteiger partial charge in [-0.15, -0.1) is 0 Å². The van der Waals surface area contributed by atoms with Crippen LogP contribution in [0.1, 0.15) is 17.9 Å². The van der Waals surface area contributed by atoms with E-state index in [1.165, 1.54) is 23.8 Å². The van der Waals surface area contributed by atoms with E-state index in [1.54, 1.807) is 0 Å². The van der Waals surface area contributed by atoms with Crippen LogP contribution in [-0.2, 0) is 13.0 Å². The monoisotopic (exact) mass is 339 g/mol. The molecule has 0 radical (unpaired) electrons. The zero-order chi connectivity index (χ0) is 16.5. The Labute approximate surface area is 146 Å². The van der Waals surface area contributed by atoms with E-state index in [9.17, 15) is 0 Å². The van der Waals surface area contributed by atoms with Crippen molar-refractivity contribution in [3.05, 3.63) is 48.0 Å². The van der Waals surface area contributed by atoms with Crippen molar-refractivity contribution >= 4 is 16.7 Å². The first-order valence-electron chi connectivity index (χ1n) is 8.32. The number of rotatable bonds is 4. The van der Waals surface area contributed by atoms with Crippen LogP contribution in [0.4, 0.5) is 5.13 Å². The van der Waals surface area contributed by atoms with Crippen molar-refractivity contribution in [2.24, 2.45) is 5.92 Å². The summed E-state index contributed by atoms with van der Waals surface area (Å²) in [7, 11) is 2.12. The topological polar surface area (TPSA) is 46.8 Å². The molecule has 0 spiro atoms. The Morgan fingerprint density at radius 1 is 1.25 bits per heavy atom. The second-order valence-electron chi connectivity index (χ2n) is 6.50. The second kappa shape index (κ2) is 6.36. The number of aryl methyl sites for hydroxylation is 2. The minimum absolute atomic E-state index is 0.625. The van der Waals surface area contributed by atoms with E-state index in [1.807, 2.05) is 18.2 Å². The molecule has 3 aromatic rings. The molecular formula is C18H21N5S. The van der Waals surface area contributed by atoms with Crippen LogP contribution in [0.2, 0.25) is 0 Å². The maximum atomic E-state index is 4.71. The minimum atomic E-state index is 0.625. The number of fused-ring (bicyclic) bond motifs is 1. The SMILES string of the molecule is Cc1cn2c(n1)CCC(CN(C)c1nc(-c3ccccc3)ns1)C2. The van der Waals surface area contributed by atoms with Gasteiger partial charge in [-0.3, -0.25) is 0 Å². The molecule has 0 aliphatic carbocycles. The van der Waals surface area contributed by atoms with Crippen LogP contribution in [-0.4, -0.2) is 32.5 Å². The Bertz CT molecular complexity index is 823. The second-order valence-corrected chi connectivity index (χ2v) is 7.23. The van der Waals surface area contributed by atoms with E-state index in [-0.39, 0.29) is 0 Å². The Morgan fingerprint density at radius 2 is 2.08 bits per heavy atom. The molecule has 4 rings (SSSR count). The van der Waals surface area contributed by atoms with Crippen LogP contribution < -0.4 is 4.90 Å². The molecule has 1 atom stereocenters. The third-order valence-electron chi connectivity index (χ3n) is 4.52. The van der Waals surface area contributed by atoms with E-state index in [0.717, 1.165) is 41.7 Å². The van der Waals surface area contributed by atoms with Gasteiger partial charge < -0.3 is 9.47 Å². The molecule has 1 aromatic carbocycles. The van der Waals surface area contributed by atoms with Gasteiger partial charge in [0.2, 0.25) is 5.13 Å². The van der Waals surface area contributed by atoms with Gasteiger partial charge in [0.15, 0.2) is 5.82 Å². The summed E-state index contributed by atoms with van der Waals surface area (Å²) in [5.74, 6) is 2.67. The van der Waals surface area contributed by atoms with E-state index < -0.39 is 0 Å². The predicted octanol–water partition coefficient (Wildman–Crippen LogP) is 3.41. The highest BCUT2D eigenvalue weighted by atomic mass is 32.1. The highest BCUT2D eigenvalue weighted by Gasteiger charge is 2.22. The molecule has 1 unspecified atom stereocenters. The Balaban J connectivity index is 1.44. The molecule has 2 aromatic heterocycles. The first-order chi connectivity index (χ1) is 11.7. The molecule has 0 amide bonds. The molecule has 5 nitrogen and oxygen atoms in total. The first kappa shape index (κ1) is 15.3. The number of aromatic nitrogens is 4. The van der Waals surface area contributed by atoms with Gasteiger partial charge in [0, 0.05) is 49.9 Å². The lowest BCUT2D eigenvalue weighted by molar-refractivity contribution is 0.369. The van der Waals surface area contributed by atoms with Crippen LogP contribution in [0.5, 0.6) is 0 Å². The molecule has 6 heteroatoms. The average Bonchev–Trinajstić information content (AvgIpc) is 3.21. The Kier molecular flexibility index (Phi) is 4.06. The van der Waals surface area contributed by atoms with Gasteiger partial charge in [0.25, 0.3) is 0 Å². The number of nitrogens with zero attached hydrogens (tertiary/aromatic N) is 5. The van der Waals surface area contributed by atoms with Gasteiger partial charge in [-0.25, -0.2) is 4.98 Å². The van der Waals surface area contributed by atoms with Crippen LogP contribution in [0.25, 0.3) is 11.4 Å². The van der Waals surface area contributed by atoms with Crippen LogP contribution in [0.15, 0.2) is 36.5 Å². The predicted molar refractivity (Wildman–Crippen MR) is 97.4 cm³/mol. The van der Waals surface area contributed by atoms with E-state index in [2.05, 4.69) is 51.1 Å². The minimum Gasteiger partial charge on any atom is -0.350 e. The maximum Gasteiger partial charge on any atom is 0.205 e. The standard InChI is InChI=1S/C18H21N5S/c1-13-10-23-12-14(8-9-16(23)19-13)11-22(2)18-20-17(21-24-18)15-6-4-3-5-7-15/h3-7,10,14H,8-9,11-12H2,1-2H3.